The van der Waals surface area contributed by atoms with E-state index >= 15 is 0 Å². The monoisotopic (exact) mass is 390 g/mol. The molecule has 4 aromatic rings. The van der Waals surface area contributed by atoms with E-state index in [2.05, 4.69) is 61.3 Å². The van der Waals surface area contributed by atoms with Gasteiger partial charge < -0.3 is 0 Å². The van der Waals surface area contributed by atoms with Gasteiger partial charge in [0.1, 0.15) is 0 Å². The molecule has 0 atom stereocenters. The van der Waals surface area contributed by atoms with Crippen LogP contribution >= 0.6 is 11.3 Å². The van der Waals surface area contributed by atoms with Crippen LogP contribution in [0, 0.1) is 13.8 Å². The molecule has 0 bridgehead atoms. The Morgan fingerprint density at radius 3 is 2.54 bits per heavy atom. The number of nitrogens with zero attached hydrogens (tertiary/aromatic N) is 3. The maximum atomic E-state index is 12.5. The van der Waals surface area contributed by atoms with Crippen molar-refractivity contribution in [2.45, 2.75) is 33.6 Å². The summed E-state index contributed by atoms with van der Waals surface area (Å²) < 4.78 is 1.79. The standard InChI is InChI=1S/C22H22N4OS/c1-13(2)16-6-8-17(9-7-16)20(27)23-21-24-22-26(25-21)19(12-28-22)18-10-5-14(3)11-15(18)4/h5-13H,1-4H3,(H,23,25,27). The first-order chi connectivity index (χ1) is 13.4. The zero-order valence-electron chi connectivity index (χ0n) is 16.4. The Balaban J connectivity index is 1.60. The van der Waals surface area contributed by atoms with Gasteiger partial charge in [0.05, 0.1) is 5.69 Å². The second-order valence-corrected chi connectivity index (χ2v) is 8.14. The Morgan fingerprint density at radius 1 is 1.11 bits per heavy atom. The van der Waals surface area contributed by atoms with Crippen LogP contribution in [-0.2, 0) is 0 Å². The first-order valence-corrected chi connectivity index (χ1v) is 10.1. The lowest BCUT2D eigenvalue weighted by atomic mass is 10.0. The first-order valence-electron chi connectivity index (χ1n) is 9.25. The van der Waals surface area contributed by atoms with E-state index < -0.39 is 0 Å². The van der Waals surface area contributed by atoms with Crippen molar-refractivity contribution in [1.82, 2.24) is 14.6 Å². The number of aryl methyl sites for hydroxylation is 2. The maximum absolute atomic E-state index is 12.5. The van der Waals surface area contributed by atoms with Crippen LogP contribution in [0.3, 0.4) is 0 Å². The summed E-state index contributed by atoms with van der Waals surface area (Å²) in [4.78, 5) is 17.7. The first kappa shape index (κ1) is 18.4. The van der Waals surface area contributed by atoms with E-state index in [1.54, 1.807) is 4.52 Å². The molecule has 1 N–H and O–H groups in total. The van der Waals surface area contributed by atoms with Crippen LogP contribution in [0.4, 0.5) is 5.95 Å². The summed E-state index contributed by atoms with van der Waals surface area (Å²) in [5.74, 6) is 0.541. The molecule has 0 spiro atoms. The molecule has 6 heteroatoms. The van der Waals surface area contributed by atoms with Crippen molar-refractivity contribution in [3.8, 4) is 11.3 Å². The number of anilines is 1. The average molecular weight is 391 g/mol. The predicted molar refractivity (Wildman–Crippen MR) is 114 cm³/mol. The summed E-state index contributed by atoms with van der Waals surface area (Å²) in [5.41, 5.74) is 6.30. The van der Waals surface area contributed by atoms with E-state index in [-0.39, 0.29) is 5.91 Å². The number of nitrogens with one attached hydrogen (secondary N) is 1. The van der Waals surface area contributed by atoms with Gasteiger partial charge >= 0.3 is 0 Å². The van der Waals surface area contributed by atoms with Crippen molar-refractivity contribution in [1.29, 1.82) is 0 Å². The minimum atomic E-state index is -0.207. The Morgan fingerprint density at radius 2 is 1.86 bits per heavy atom. The molecule has 2 aromatic heterocycles. The van der Waals surface area contributed by atoms with Gasteiger partial charge in [0.25, 0.3) is 11.9 Å². The fraction of sp³-hybridized carbons (Fsp3) is 0.227. The van der Waals surface area contributed by atoms with Gasteiger partial charge in [-0.25, -0.2) is 4.52 Å². The summed E-state index contributed by atoms with van der Waals surface area (Å²) in [5, 5.41) is 9.36. The van der Waals surface area contributed by atoms with Crippen molar-refractivity contribution in [2.75, 3.05) is 5.32 Å². The Hall–Kier alpha value is -2.99. The van der Waals surface area contributed by atoms with Crippen LogP contribution in [0.1, 0.15) is 46.8 Å². The molecule has 0 radical (unpaired) electrons. The highest BCUT2D eigenvalue weighted by atomic mass is 32.1. The van der Waals surface area contributed by atoms with Crippen LogP contribution in [-0.4, -0.2) is 20.5 Å². The number of amides is 1. The van der Waals surface area contributed by atoms with Crippen molar-refractivity contribution in [3.63, 3.8) is 0 Å². The molecule has 0 saturated heterocycles. The van der Waals surface area contributed by atoms with Crippen LogP contribution in [0.5, 0.6) is 0 Å². The largest absolute Gasteiger partial charge is 0.289 e. The van der Waals surface area contributed by atoms with Crippen LogP contribution in [0.2, 0.25) is 0 Å². The highest BCUT2D eigenvalue weighted by Crippen LogP contribution is 2.29. The predicted octanol–water partition coefficient (Wildman–Crippen LogP) is 5.45. The Bertz CT molecular complexity index is 1160. The third-order valence-corrected chi connectivity index (χ3v) is 5.62. The quantitative estimate of drug-likeness (QED) is 0.504. The maximum Gasteiger partial charge on any atom is 0.258 e. The number of thiazole rings is 1. The van der Waals surface area contributed by atoms with Crippen LogP contribution in [0.25, 0.3) is 16.2 Å². The molecule has 28 heavy (non-hydrogen) atoms. The van der Waals surface area contributed by atoms with Crippen molar-refractivity contribution >= 4 is 28.2 Å². The van der Waals surface area contributed by atoms with Gasteiger partial charge in [-0.3, -0.25) is 10.1 Å². The number of carbonyl (C=O) groups excluding carboxylic acids is 1. The zero-order chi connectivity index (χ0) is 19.8. The minimum Gasteiger partial charge on any atom is -0.289 e. The summed E-state index contributed by atoms with van der Waals surface area (Å²) in [7, 11) is 0. The number of hydrogen-bond donors (Lipinski definition) is 1. The van der Waals surface area contributed by atoms with E-state index in [9.17, 15) is 4.79 Å². The molecule has 4 rings (SSSR count). The molecule has 142 valence electrons. The Kier molecular flexibility index (Phi) is 4.73. The van der Waals surface area contributed by atoms with Crippen molar-refractivity contribution < 1.29 is 4.79 Å². The number of fused-ring (bicyclic) bond motifs is 1. The number of aromatic nitrogens is 3. The highest BCUT2D eigenvalue weighted by Gasteiger charge is 2.15. The molecule has 0 unspecified atom stereocenters. The third-order valence-electron chi connectivity index (χ3n) is 4.80. The minimum absolute atomic E-state index is 0.207. The van der Waals surface area contributed by atoms with Gasteiger partial charge in [0.2, 0.25) is 4.96 Å². The van der Waals surface area contributed by atoms with E-state index in [0.29, 0.717) is 17.4 Å². The lowest BCUT2D eigenvalue weighted by Gasteiger charge is -2.06. The van der Waals surface area contributed by atoms with Gasteiger partial charge in [0.15, 0.2) is 0 Å². The molecule has 2 heterocycles. The molecule has 2 aromatic carbocycles. The normalized spacial score (nSPS) is 11.3. The van der Waals surface area contributed by atoms with Gasteiger partial charge in [-0.1, -0.05) is 49.7 Å². The summed E-state index contributed by atoms with van der Waals surface area (Å²) in [6.07, 6.45) is 0. The smallest absolute Gasteiger partial charge is 0.258 e. The highest BCUT2D eigenvalue weighted by molar-refractivity contribution is 7.15. The molecular formula is C22H22N4OS. The number of rotatable bonds is 4. The lowest BCUT2D eigenvalue weighted by Crippen LogP contribution is -2.13. The van der Waals surface area contributed by atoms with Gasteiger partial charge in [-0.15, -0.1) is 16.4 Å². The molecule has 0 fully saturated rings. The van der Waals surface area contributed by atoms with E-state index in [0.717, 1.165) is 16.2 Å². The summed E-state index contributed by atoms with van der Waals surface area (Å²) in [6.45, 7) is 8.43. The average Bonchev–Trinajstić information content (AvgIpc) is 3.22. The molecule has 0 saturated carbocycles. The zero-order valence-corrected chi connectivity index (χ0v) is 17.2. The fourth-order valence-electron chi connectivity index (χ4n) is 3.21. The molecule has 1 amide bonds. The van der Waals surface area contributed by atoms with E-state index in [1.807, 2.05) is 29.6 Å². The van der Waals surface area contributed by atoms with Gasteiger partial charge in [0, 0.05) is 16.5 Å². The molecule has 5 nitrogen and oxygen atoms in total. The van der Waals surface area contributed by atoms with Crippen molar-refractivity contribution in [3.05, 3.63) is 70.1 Å². The Labute approximate surface area is 168 Å². The van der Waals surface area contributed by atoms with Gasteiger partial charge in [-0.05, 0) is 43.0 Å². The number of carbonyl (C=O) groups is 1. The van der Waals surface area contributed by atoms with E-state index in [4.69, 9.17) is 0 Å². The third kappa shape index (κ3) is 3.43. The van der Waals surface area contributed by atoms with E-state index in [1.165, 1.54) is 28.0 Å². The summed E-state index contributed by atoms with van der Waals surface area (Å²) >= 11 is 1.51. The van der Waals surface area contributed by atoms with Gasteiger partial charge in [-0.2, -0.15) is 4.98 Å². The second kappa shape index (κ2) is 7.20. The number of hydrogen-bond acceptors (Lipinski definition) is 4. The fourth-order valence-corrected chi connectivity index (χ4v) is 4.04. The topological polar surface area (TPSA) is 59.3 Å². The molecule has 0 aliphatic heterocycles. The SMILES string of the molecule is Cc1ccc(-c2csc3nc(NC(=O)c4ccc(C(C)C)cc4)nn23)c(C)c1. The molecule has 0 aliphatic rings. The van der Waals surface area contributed by atoms with Crippen LogP contribution in [0.15, 0.2) is 47.8 Å². The summed E-state index contributed by atoms with van der Waals surface area (Å²) in [6, 6.07) is 14.0. The second-order valence-electron chi connectivity index (χ2n) is 7.30. The molecular weight excluding hydrogens is 368 g/mol. The van der Waals surface area contributed by atoms with Crippen LogP contribution < -0.4 is 5.32 Å². The number of benzene rings is 2. The molecule has 0 aliphatic carbocycles. The lowest BCUT2D eigenvalue weighted by molar-refractivity contribution is 0.102. The van der Waals surface area contributed by atoms with Crippen molar-refractivity contribution in [2.24, 2.45) is 0 Å².